The van der Waals surface area contributed by atoms with Gasteiger partial charge >= 0.3 is 0 Å². The van der Waals surface area contributed by atoms with Gasteiger partial charge in [-0.25, -0.2) is 0 Å². The van der Waals surface area contributed by atoms with Crippen LogP contribution in [0, 0.1) is 6.92 Å². The average Bonchev–Trinajstić information content (AvgIpc) is 3.15. The molecule has 1 aromatic heterocycles. The molecule has 3 nitrogen and oxygen atoms in total. The Balaban J connectivity index is 1.60. The molecule has 0 spiro atoms. The van der Waals surface area contributed by atoms with Gasteiger partial charge in [-0.1, -0.05) is 48.4 Å². The number of carbonyl (C=O) groups excluding carboxylic acids is 1. The fourth-order valence-corrected chi connectivity index (χ4v) is 3.64. The van der Waals surface area contributed by atoms with Crippen molar-refractivity contribution >= 4 is 28.8 Å². The smallest absolute Gasteiger partial charge is 0.261 e. The van der Waals surface area contributed by atoms with Gasteiger partial charge in [-0.15, -0.1) is 11.3 Å². The molecule has 0 fully saturated rings. The van der Waals surface area contributed by atoms with Gasteiger partial charge in [0.1, 0.15) is 12.4 Å². The van der Waals surface area contributed by atoms with Gasteiger partial charge in [0.15, 0.2) is 0 Å². The van der Waals surface area contributed by atoms with Crippen LogP contribution >= 0.6 is 22.9 Å². The predicted molar refractivity (Wildman–Crippen MR) is 112 cm³/mol. The van der Waals surface area contributed by atoms with Crippen LogP contribution in [0.2, 0.25) is 5.02 Å². The van der Waals surface area contributed by atoms with Crippen molar-refractivity contribution in [2.45, 2.75) is 32.9 Å². The highest BCUT2D eigenvalue weighted by atomic mass is 35.5. The summed E-state index contributed by atoms with van der Waals surface area (Å²) in [5.41, 5.74) is 3.31. The minimum Gasteiger partial charge on any atom is -0.489 e. The van der Waals surface area contributed by atoms with Crippen LogP contribution in [0.15, 0.2) is 60.0 Å². The number of benzene rings is 2. The second-order valence-electron chi connectivity index (χ2n) is 6.41. The van der Waals surface area contributed by atoms with Crippen molar-refractivity contribution in [2.24, 2.45) is 0 Å². The highest BCUT2D eigenvalue weighted by molar-refractivity contribution is 7.12. The maximum absolute atomic E-state index is 12.6. The Morgan fingerprint density at radius 3 is 2.52 bits per heavy atom. The van der Waals surface area contributed by atoms with Crippen molar-refractivity contribution < 1.29 is 9.53 Å². The fraction of sp³-hybridized carbons (Fsp3) is 0.227. The zero-order valence-electron chi connectivity index (χ0n) is 15.4. The SMILES string of the molecule is CCC(NC(=O)c1cc(COc2ccc(Cl)cc2)cs1)c1ccc(C)cc1. The molecular weight excluding hydrogens is 378 g/mol. The van der Waals surface area contributed by atoms with E-state index in [1.165, 1.54) is 16.9 Å². The van der Waals surface area contributed by atoms with E-state index in [0.717, 1.165) is 23.3 Å². The molecule has 1 amide bonds. The van der Waals surface area contributed by atoms with Gasteiger partial charge in [0.05, 0.1) is 10.9 Å². The van der Waals surface area contributed by atoms with Crippen LogP contribution in [0.25, 0.3) is 0 Å². The van der Waals surface area contributed by atoms with E-state index < -0.39 is 0 Å². The number of ether oxygens (including phenoxy) is 1. The zero-order chi connectivity index (χ0) is 19.2. The molecule has 0 aliphatic heterocycles. The average molecular weight is 400 g/mol. The fourth-order valence-electron chi connectivity index (χ4n) is 2.72. The summed E-state index contributed by atoms with van der Waals surface area (Å²) in [4.78, 5) is 13.3. The van der Waals surface area contributed by atoms with Crippen molar-refractivity contribution in [3.63, 3.8) is 0 Å². The number of thiophene rings is 1. The molecule has 1 N–H and O–H groups in total. The second-order valence-corrected chi connectivity index (χ2v) is 7.75. The Morgan fingerprint density at radius 1 is 1.15 bits per heavy atom. The number of hydrogen-bond acceptors (Lipinski definition) is 3. The summed E-state index contributed by atoms with van der Waals surface area (Å²) in [6.45, 7) is 4.55. The van der Waals surface area contributed by atoms with Gasteiger partial charge in [-0.3, -0.25) is 4.79 Å². The highest BCUT2D eigenvalue weighted by Gasteiger charge is 2.16. The van der Waals surface area contributed by atoms with Crippen molar-refractivity contribution in [1.82, 2.24) is 5.32 Å². The first-order valence-electron chi connectivity index (χ1n) is 8.88. The van der Waals surface area contributed by atoms with Crippen molar-refractivity contribution in [3.05, 3.63) is 86.6 Å². The van der Waals surface area contributed by atoms with E-state index >= 15 is 0 Å². The first kappa shape index (κ1) is 19.5. The standard InChI is InChI=1S/C22H22ClNO2S/c1-3-20(17-6-4-15(2)5-7-17)24-22(25)21-12-16(14-27-21)13-26-19-10-8-18(23)9-11-19/h4-12,14,20H,3,13H2,1-2H3,(H,24,25). The van der Waals surface area contributed by atoms with E-state index in [-0.39, 0.29) is 11.9 Å². The van der Waals surface area contributed by atoms with Crippen LogP contribution in [-0.2, 0) is 6.61 Å². The van der Waals surface area contributed by atoms with Crippen molar-refractivity contribution in [3.8, 4) is 5.75 Å². The Kier molecular flexibility index (Phi) is 6.54. The second kappa shape index (κ2) is 9.07. The molecule has 0 saturated heterocycles. The molecule has 1 atom stereocenters. The van der Waals surface area contributed by atoms with E-state index in [2.05, 4.69) is 43.4 Å². The lowest BCUT2D eigenvalue weighted by molar-refractivity contribution is 0.0939. The number of hydrogen-bond donors (Lipinski definition) is 1. The van der Waals surface area contributed by atoms with Gasteiger partial charge in [0.2, 0.25) is 0 Å². The van der Waals surface area contributed by atoms with Gasteiger partial charge in [0, 0.05) is 10.6 Å². The van der Waals surface area contributed by atoms with Crippen LogP contribution < -0.4 is 10.1 Å². The monoisotopic (exact) mass is 399 g/mol. The molecule has 3 aromatic rings. The Hall–Kier alpha value is -2.30. The minimum atomic E-state index is -0.0508. The topological polar surface area (TPSA) is 38.3 Å². The summed E-state index contributed by atoms with van der Waals surface area (Å²) in [7, 11) is 0. The first-order valence-corrected chi connectivity index (χ1v) is 10.1. The van der Waals surface area contributed by atoms with Gasteiger partial charge in [0.25, 0.3) is 5.91 Å². The number of halogens is 1. The number of aryl methyl sites for hydroxylation is 1. The summed E-state index contributed by atoms with van der Waals surface area (Å²) >= 11 is 7.31. The number of rotatable bonds is 7. The molecular formula is C22H22ClNO2S. The summed E-state index contributed by atoms with van der Waals surface area (Å²) < 4.78 is 5.74. The number of carbonyl (C=O) groups is 1. The van der Waals surface area contributed by atoms with Gasteiger partial charge < -0.3 is 10.1 Å². The quantitative estimate of drug-likeness (QED) is 0.515. The Morgan fingerprint density at radius 2 is 1.85 bits per heavy atom. The third-order valence-corrected chi connectivity index (χ3v) is 5.52. The summed E-state index contributed by atoms with van der Waals surface area (Å²) in [5, 5.41) is 5.76. The van der Waals surface area contributed by atoms with Crippen molar-refractivity contribution in [1.29, 1.82) is 0 Å². The lowest BCUT2D eigenvalue weighted by atomic mass is 10.0. The molecule has 1 heterocycles. The van der Waals surface area contributed by atoms with Crippen LogP contribution in [-0.4, -0.2) is 5.91 Å². The van der Waals surface area contributed by atoms with Crippen molar-refractivity contribution in [2.75, 3.05) is 0 Å². The van der Waals surface area contributed by atoms with Crippen LogP contribution in [0.5, 0.6) is 5.75 Å². The van der Waals surface area contributed by atoms with Gasteiger partial charge in [-0.05, 0) is 54.6 Å². The maximum Gasteiger partial charge on any atom is 0.261 e. The third-order valence-electron chi connectivity index (χ3n) is 4.29. The summed E-state index contributed by atoms with van der Waals surface area (Å²) in [5.74, 6) is 0.701. The molecule has 0 bridgehead atoms. The molecule has 0 aliphatic carbocycles. The Bertz CT molecular complexity index is 887. The molecule has 0 radical (unpaired) electrons. The lowest BCUT2D eigenvalue weighted by Gasteiger charge is -2.17. The highest BCUT2D eigenvalue weighted by Crippen LogP contribution is 2.22. The van der Waals surface area contributed by atoms with E-state index in [9.17, 15) is 4.79 Å². The molecule has 1 unspecified atom stereocenters. The number of amides is 1. The van der Waals surface area contributed by atoms with Gasteiger partial charge in [-0.2, -0.15) is 0 Å². The normalized spacial score (nSPS) is 11.8. The Labute approximate surface area is 169 Å². The molecule has 2 aromatic carbocycles. The molecule has 0 saturated carbocycles. The summed E-state index contributed by atoms with van der Waals surface area (Å²) in [6.07, 6.45) is 0.840. The maximum atomic E-state index is 12.6. The van der Waals surface area contributed by atoms with E-state index in [1.54, 1.807) is 12.1 Å². The minimum absolute atomic E-state index is 0.00830. The summed E-state index contributed by atoms with van der Waals surface area (Å²) in [6, 6.07) is 17.4. The molecule has 140 valence electrons. The van der Waals surface area contributed by atoms with Crippen LogP contribution in [0.4, 0.5) is 0 Å². The number of nitrogens with one attached hydrogen (secondary N) is 1. The first-order chi connectivity index (χ1) is 13.0. The molecule has 0 aliphatic rings. The largest absolute Gasteiger partial charge is 0.489 e. The predicted octanol–water partition coefficient (Wildman–Crippen LogP) is 6.17. The van der Waals surface area contributed by atoms with E-state index in [4.69, 9.17) is 16.3 Å². The molecule has 3 rings (SSSR count). The third kappa shape index (κ3) is 5.34. The zero-order valence-corrected chi connectivity index (χ0v) is 16.9. The van der Waals surface area contributed by atoms with E-state index in [0.29, 0.717) is 16.5 Å². The van der Waals surface area contributed by atoms with Crippen LogP contribution in [0.1, 0.15) is 45.7 Å². The van der Waals surface area contributed by atoms with Crippen LogP contribution in [0.3, 0.4) is 0 Å². The molecule has 27 heavy (non-hydrogen) atoms. The lowest BCUT2D eigenvalue weighted by Crippen LogP contribution is -2.27. The molecule has 5 heteroatoms. The van der Waals surface area contributed by atoms with E-state index in [1.807, 2.05) is 23.6 Å².